The number of aryl methyl sites for hydroxylation is 1. The summed E-state index contributed by atoms with van der Waals surface area (Å²) in [5, 5.41) is 10.6. The van der Waals surface area contributed by atoms with E-state index in [2.05, 4.69) is 0 Å². The van der Waals surface area contributed by atoms with Gasteiger partial charge in [0.25, 0.3) is 0 Å². The molecule has 2 rings (SSSR count). The molecule has 1 aromatic carbocycles. The van der Waals surface area contributed by atoms with E-state index in [1.165, 1.54) is 12.5 Å². The van der Waals surface area contributed by atoms with Gasteiger partial charge in [0, 0.05) is 16.1 Å². The third-order valence-electron chi connectivity index (χ3n) is 2.38. The van der Waals surface area contributed by atoms with Crippen LogP contribution in [0.4, 0.5) is 0 Å². The van der Waals surface area contributed by atoms with E-state index in [9.17, 15) is 5.11 Å². The zero-order valence-electron chi connectivity index (χ0n) is 8.27. The zero-order chi connectivity index (χ0) is 10.8. The molecule has 0 fully saturated rings. The first-order valence-corrected chi connectivity index (χ1v) is 5.03. The van der Waals surface area contributed by atoms with Crippen LogP contribution in [0.1, 0.15) is 22.8 Å². The lowest BCUT2D eigenvalue weighted by Gasteiger charge is -2.12. The Morgan fingerprint density at radius 2 is 2.13 bits per heavy atom. The Kier molecular flexibility index (Phi) is 2.80. The fourth-order valence-electron chi connectivity index (χ4n) is 1.49. The number of hydrogen-bond donors (Lipinski definition) is 1. The fourth-order valence-corrected chi connectivity index (χ4v) is 1.72. The summed E-state index contributed by atoms with van der Waals surface area (Å²) < 4.78 is 4.92. The number of hydrogen-bond acceptors (Lipinski definition) is 2. The maximum Gasteiger partial charge on any atom is 0.109 e. The summed E-state index contributed by atoms with van der Waals surface area (Å²) in [6, 6.07) is 7.32. The molecule has 0 amide bonds. The number of benzene rings is 1. The Morgan fingerprint density at radius 3 is 2.80 bits per heavy atom. The minimum Gasteiger partial charge on any atom is -0.472 e. The summed E-state index contributed by atoms with van der Waals surface area (Å²) in [5.74, 6) is 0. The second-order valence-electron chi connectivity index (χ2n) is 3.44. The highest BCUT2D eigenvalue weighted by Crippen LogP contribution is 2.30. The Balaban J connectivity index is 2.42. The van der Waals surface area contributed by atoms with Crippen LogP contribution in [0.3, 0.4) is 0 Å². The molecular formula is C12H11ClO2. The van der Waals surface area contributed by atoms with Gasteiger partial charge in [-0.25, -0.2) is 0 Å². The summed E-state index contributed by atoms with van der Waals surface area (Å²) in [5.41, 5.74) is 2.37. The summed E-state index contributed by atoms with van der Waals surface area (Å²) in [6.07, 6.45) is 2.32. The van der Waals surface area contributed by atoms with Gasteiger partial charge in [-0.3, -0.25) is 0 Å². The second kappa shape index (κ2) is 4.09. The molecule has 0 aliphatic carbocycles. The van der Waals surface area contributed by atoms with E-state index in [0.717, 1.165) is 5.56 Å². The van der Waals surface area contributed by atoms with E-state index in [1.54, 1.807) is 6.07 Å². The van der Waals surface area contributed by atoms with Crippen molar-refractivity contribution in [2.75, 3.05) is 0 Å². The second-order valence-corrected chi connectivity index (χ2v) is 3.82. The highest BCUT2D eigenvalue weighted by Gasteiger charge is 2.15. The molecule has 1 N–H and O–H groups in total. The van der Waals surface area contributed by atoms with E-state index < -0.39 is 6.10 Å². The van der Waals surface area contributed by atoms with Gasteiger partial charge in [0.15, 0.2) is 0 Å². The lowest BCUT2D eigenvalue weighted by molar-refractivity contribution is 0.219. The highest BCUT2D eigenvalue weighted by atomic mass is 35.5. The molecule has 0 saturated carbocycles. The van der Waals surface area contributed by atoms with E-state index in [-0.39, 0.29) is 0 Å². The molecule has 0 aliphatic heterocycles. The van der Waals surface area contributed by atoms with Crippen LogP contribution >= 0.6 is 11.6 Å². The minimum absolute atomic E-state index is 0.603. The smallest absolute Gasteiger partial charge is 0.109 e. The minimum atomic E-state index is -0.726. The first-order chi connectivity index (χ1) is 7.20. The molecule has 2 nitrogen and oxygen atoms in total. The van der Waals surface area contributed by atoms with Crippen LogP contribution in [0.2, 0.25) is 5.02 Å². The third-order valence-corrected chi connectivity index (χ3v) is 2.89. The molecule has 78 valence electrons. The quantitative estimate of drug-likeness (QED) is 0.846. The van der Waals surface area contributed by atoms with Crippen molar-refractivity contribution in [3.05, 3.63) is 58.5 Å². The van der Waals surface area contributed by atoms with Gasteiger partial charge in [0.05, 0.1) is 12.5 Å². The van der Waals surface area contributed by atoms with Crippen molar-refractivity contribution in [3.8, 4) is 0 Å². The van der Waals surface area contributed by atoms with Gasteiger partial charge in [-0.05, 0) is 18.6 Å². The van der Waals surface area contributed by atoms with Gasteiger partial charge in [-0.2, -0.15) is 0 Å². The molecule has 1 atom stereocenters. The van der Waals surface area contributed by atoms with Crippen LogP contribution < -0.4 is 0 Å². The van der Waals surface area contributed by atoms with E-state index in [4.69, 9.17) is 16.0 Å². The average molecular weight is 223 g/mol. The lowest BCUT2D eigenvalue weighted by Crippen LogP contribution is -1.99. The normalized spacial score (nSPS) is 12.7. The predicted molar refractivity (Wildman–Crippen MR) is 59.0 cm³/mol. The number of aliphatic hydroxyl groups excluding tert-OH is 1. The van der Waals surface area contributed by atoms with Crippen molar-refractivity contribution < 1.29 is 9.52 Å². The topological polar surface area (TPSA) is 33.4 Å². The van der Waals surface area contributed by atoms with Crippen molar-refractivity contribution in [2.45, 2.75) is 13.0 Å². The van der Waals surface area contributed by atoms with Crippen molar-refractivity contribution in [3.63, 3.8) is 0 Å². The van der Waals surface area contributed by atoms with Crippen LogP contribution in [0.25, 0.3) is 0 Å². The van der Waals surface area contributed by atoms with Gasteiger partial charge in [-0.15, -0.1) is 0 Å². The first-order valence-electron chi connectivity index (χ1n) is 4.65. The van der Waals surface area contributed by atoms with E-state index >= 15 is 0 Å². The SMILES string of the molecule is Cc1cccc(C(O)c2ccoc2)c1Cl. The first kappa shape index (κ1) is 10.3. The lowest BCUT2D eigenvalue weighted by atomic mass is 10.0. The molecular weight excluding hydrogens is 212 g/mol. The van der Waals surface area contributed by atoms with Crippen LogP contribution in [0, 0.1) is 6.92 Å². The van der Waals surface area contributed by atoms with Crippen molar-refractivity contribution in [1.29, 1.82) is 0 Å². The maximum atomic E-state index is 10.0. The van der Waals surface area contributed by atoms with Gasteiger partial charge in [-0.1, -0.05) is 29.8 Å². The van der Waals surface area contributed by atoms with Crippen molar-refractivity contribution in [2.24, 2.45) is 0 Å². The number of furan rings is 1. The maximum absolute atomic E-state index is 10.0. The number of halogens is 1. The van der Waals surface area contributed by atoms with Crippen LogP contribution in [0.15, 0.2) is 41.2 Å². The summed E-state index contributed by atoms with van der Waals surface area (Å²) in [6.45, 7) is 1.91. The molecule has 1 heterocycles. The van der Waals surface area contributed by atoms with Crippen LogP contribution in [0.5, 0.6) is 0 Å². The van der Waals surface area contributed by atoms with Gasteiger partial charge < -0.3 is 9.52 Å². The highest BCUT2D eigenvalue weighted by molar-refractivity contribution is 6.32. The fraction of sp³-hybridized carbons (Fsp3) is 0.167. The number of aliphatic hydroxyl groups is 1. The molecule has 1 aromatic heterocycles. The van der Waals surface area contributed by atoms with Crippen molar-refractivity contribution >= 4 is 11.6 Å². The van der Waals surface area contributed by atoms with Crippen LogP contribution in [-0.2, 0) is 0 Å². The van der Waals surface area contributed by atoms with Gasteiger partial charge in [0.2, 0.25) is 0 Å². The summed E-state index contributed by atoms with van der Waals surface area (Å²) in [7, 11) is 0. The predicted octanol–water partition coefficient (Wildman–Crippen LogP) is 3.32. The van der Waals surface area contributed by atoms with E-state index in [0.29, 0.717) is 16.1 Å². The van der Waals surface area contributed by atoms with Crippen molar-refractivity contribution in [1.82, 2.24) is 0 Å². The Labute approximate surface area is 93.1 Å². The van der Waals surface area contributed by atoms with Crippen LogP contribution in [-0.4, -0.2) is 5.11 Å². The Morgan fingerprint density at radius 1 is 1.33 bits per heavy atom. The standard InChI is InChI=1S/C12H11ClO2/c1-8-3-2-4-10(11(8)13)12(14)9-5-6-15-7-9/h2-7,12,14H,1H3. The molecule has 0 radical (unpaired) electrons. The molecule has 0 aliphatic rings. The van der Waals surface area contributed by atoms with Gasteiger partial charge >= 0.3 is 0 Å². The third kappa shape index (κ3) is 1.91. The molecule has 15 heavy (non-hydrogen) atoms. The monoisotopic (exact) mass is 222 g/mol. The summed E-state index contributed by atoms with van der Waals surface area (Å²) in [4.78, 5) is 0. The van der Waals surface area contributed by atoms with Gasteiger partial charge in [0.1, 0.15) is 6.10 Å². The molecule has 3 heteroatoms. The molecule has 1 unspecified atom stereocenters. The number of rotatable bonds is 2. The molecule has 0 saturated heterocycles. The Bertz CT molecular complexity index is 449. The zero-order valence-corrected chi connectivity index (χ0v) is 9.03. The van der Waals surface area contributed by atoms with E-state index in [1.807, 2.05) is 25.1 Å². The summed E-state index contributed by atoms with van der Waals surface area (Å²) >= 11 is 6.11. The Hall–Kier alpha value is -1.25. The molecule has 0 spiro atoms. The largest absolute Gasteiger partial charge is 0.472 e. The average Bonchev–Trinajstić information content (AvgIpc) is 2.74. The molecule has 0 bridgehead atoms. The molecule has 2 aromatic rings.